The fourth-order valence-corrected chi connectivity index (χ4v) is 3.43. The summed E-state index contributed by atoms with van der Waals surface area (Å²) in [5, 5.41) is 0. The molecule has 4 atom stereocenters. The van der Waals surface area contributed by atoms with Gasteiger partial charge in [-0.2, -0.15) is 0 Å². The second-order valence-electron chi connectivity index (χ2n) is 4.70. The van der Waals surface area contributed by atoms with Crippen LogP contribution in [0.2, 0.25) is 0 Å². The van der Waals surface area contributed by atoms with Crippen molar-refractivity contribution in [2.75, 3.05) is 0 Å². The maximum absolute atomic E-state index is 11.7. The Bertz CT molecular complexity index is 295. The Balaban J connectivity index is 1.95. The van der Waals surface area contributed by atoms with E-state index in [0.717, 1.165) is 25.7 Å². The highest BCUT2D eigenvalue weighted by Crippen LogP contribution is 2.47. The Morgan fingerprint density at radius 3 is 2.71 bits per heavy atom. The van der Waals surface area contributed by atoms with Crippen LogP contribution in [0.4, 0.5) is 0 Å². The normalized spacial score (nSPS) is 46.0. The zero-order valence-electron chi connectivity index (χ0n) is 8.07. The summed E-state index contributed by atoms with van der Waals surface area (Å²) in [5.74, 6) is 0.744. The molecular weight excluding hydrogens is 180 g/mol. The van der Waals surface area contributed by atoms with Gasteiger partial charge in [-0.15, -0.1) is 0 Å². The lowest BCUT2D eigenvalue weighted by Crippen LogP contribution is -2.41. The molecule has 1 aliphatic heterocycles. The lowest BCUT2D eigenvalue weighted by molar-refractivity contribution is -0.145. The fraction of sp³-hybridized carbons (Fsp3) is 0.818. The first-order chi connectivity index (χ1) is 6.77. The van der Waals surface area contributed by atoms with E-state index in [4.69, 9.17) is 4.74 Å². The van der Waals surface area contributed by atoms with Crippen LogP contribution in [0.25, 0.3) is 0 Å². The van der Waals surface area contributed by atoms with E-state index in [9.17, 15) is 9.59 Å². The summed E-state index contributed by atoms with van der Waals surface area (Å²) in [5.41, 5.74) is 0. The number of esters is 1. The number of Topliss-reactive ketones (excluding diaryl/α,β-unsaturated/α-hetero) is 1. The fourth-order valence-electron chi connectivity index (χ4n) is 3.43. The van der Waals surface area contributed by atoms with Crippen molar-refractivity contribution < 1.29 is 14.3 Å². The van der Waals surface area contributed by atoms with E-state index in [-0.39, 0.29) is 29.8 Å². The van der Waals surface area contributed by atoms with Gasteiger partial charge < -0.3 is 4.74 Å². The van der Waals surface area contributed by atoms with Gasteiger partial charge in [-0.3, -0.25) is 9.59 Å². The lowest BCUT2D eigenvalue weighted by Gasteiger charge is -2.36. The number of carbonyl (C=O) groups excluding carboxylic acids is 2. The van der Waals surface area contributed by atoms with Crippen molar-refractivity contribution >= 4 is 11.8 Å². The zero-order valence-corrected chi connectivity index (χ0v) is 8.07. The monoisotopic (exact) mass is 194 g/mol. The number of ether oxygens (including phenoxy) is 1. The van der Waals surface area contributed by atoms with Gasteiger partial charge in [-0.05, 0) is 19.3 Å². The van der Waals surface area contributed by atoms with Crippen LogP contribution < -0.4 is 0 Å². The summed E-state index contributed by atoms with van der Waals surface area (Å²) >= 11 is 0. The van der Waals surface area contributed by atoms with Crippen molar-refractivity contribution in [3.8, 4) is 0 Å². The van der Waals surface area contributed by atoms with Gasteiger partial charge in [0.15, 0.2) is 0 Å². The molecule has 3 nitrogen and oxygen atoms in total. The molecule has 76 valence electrons. The van der Waals surface area contributed by atoms with E-state index in [1.54, 1.807) is 0 Å². The number of rotatable bonds is 0. The van der Waals surface area contributed by atoms with Crippen molar-refractivity contribution in [3.63, 3.8) is 0 Å². The Labute approximate surface area is 82.8 Å². The molecule has 0 amide bonds. The Morgan fingerprint density at radius 1 is 1.07 bits per heavy atom. The predicted molar refractivity (Wildman–Crippen MR) is 48.4 cm³/mol. The molecule has 1 saturated heterocycles. The van der Waals surface area contributed by atoms with Crippen LogP contribution >= 0.6 is 0 Å². The summed E-state index contributed by atoms with van der Waals surface area (Å²) in [6, 6.07) is 0. The molecule has 0 N–H and O–H groups in total. The first-order valence-electron chi connectivity index (χ1n) is 5.50. The molecule has 0 aromatic heterocycles. The standard InChI is InChI=1S/C11H14O3/c12-8-4-5-9-10-6(8)2-1-3-7(10)11(13)14-9/h6-7,9-10H,1-5H2. The molecule has 3 heteroatoms. The average molecular weight is 194 g/mol. The highest BCUT2D eigenvalue weighted by molar-refractivity contribution is 5.85. The van der Waals surface area contributed by atoms with Crippen molar-refractivity contribution in [1.29, 1.82) is 0 Å². The molecular formula is C11H14O3. The first kappa shape index (κ1) is 8.45. The van der Waals surface area contributed by atoms with Crippen molar-refractivity contribution in [2.24, 2.45) is 17.8 Å². The second-order valence-corrected chi connectivity index (χ2v) is 4.70. The van der Waals surface area contributed by atoms with Gasteiger partial charge in [0, 0.05) is 18.3 Å². The van der Waals surface area contributed by atoms with Gasteiger partial charge in [0.2, 0.25) is 0 Å². The van der Waals surface area contributed by atoms with Crippen LogP contribution in [-0.4, -0.2) is 17.9 Å². The SMILES string of the molecule is O=C1CCC2OC(=O)C3CCCC1C23. The molecule has 2 aliphatic carbocycles. The maximum Gasteiger partial charge on any atom is 0.309 e. The van der Waals surface area contributed by atoms with Crippen molar-refractivity contribution in [1.82, 2.24) is 0 Å². The Kier molecular flexibility index (Phi) is 1.70. The van der Waals surface area contributed by atoms with E-state index in [0.29, 0.717) is 12.2 Å². The molecule has 0 aromatic carbocycles. The van der Waals surface area contributed by atoms with Gasteiger partial charge in [0.1, 0.15) is 11.9 Å². The van der Waals surface area contributed by atoms with Crippen molar-refractivity contribution in [3.05, 3.63) is 0 Å². The van der Waals surface area contributed by atoms with Crippen LogP contribution in [0, 0.1) is 17.8 Å². The largest absolute Gasteiger partial charge is 0.462 e. The molecule has 0 bridgehead atoms. The predicted octanol–water partition coefficient (Wildman–Crippen LogP) is 1.31. The highest BCUT2D eigenvalue weighted by Gasteiger charge is 2.53. The van der Waals surface area contributed by atoms with Gasteiger partial charge >= 0.3 is 5.97 Å². The average Bonchev–Trinajstić information content (AvgIpc) is 2.52. The summed E-state index contributed by atoms with van der Waals surface area (Å²) in [6.45, 7) is 0. The molecule has 4 unspecified atom stereocenters. The summed E-state index contributed by atoms with van der Waals surface area (Å²) < 4.78 is 5.34. The van der Waals surface area contributed by atoms with Gasteiger partial charge in [0.25, 0.3) is 0 Å². The molecule has 1 heterocycles. The number of hydrogen-bond acceptors (Lipinski definition) is 3. The molecule has 0 aromatic rings. The number of carbonyl (C=O) groups is 2. The molecule has 0 spiro atoms. The van der Waals surface area contributed by atoms with Crippen molar-refractivity contribution in [2.45, 2.75) is 38.2 Å². The van der Waals surface area contributed by atoms with E-state index >= 15 is 0 Å². The lowest BCUT2D eigenvalue weighted by atomic mass is 9.65. The molecule has 0 radical (unpaired) electrons. The van der Waals surface area contributed by atoms with Gasteiger partial charge in [-0.25, -0.2) is 0 Å². The maximum atomic E-state index is 11.7. The number of ketones is 1. The highest BCUT2D eigenvalue weighted by atomic mass is 16.6. The van der Waals surface area contributed by atoms with Gasteiger partial charge in [-0.1, -0.05) is 6.42 Å². The third kappa shape index (κ3) is 0.983. The topological polar surface area (TPSA) is 43.4 Å². The molecule has 3 rings (SSSR count). The smallest absolute Gasteiger partial charge is 0.309 e. The van der Waals surface area contributed by atoms with E-state index in [1.165, 1.54) is 0 Å². The molecule has 2 saturated carbocycles. The minimum atomic E-state index is -0.0422. The van der Waals surface area contributed by atoms with Crippen LogP contribution in [-0.2, 0) is 14.3 Å². The minimum absolute atomic E-state index is 0.0422. The van der Waals surface area contributed by atoms with Crippen LogP contribution in [0.5, 0.6) is 0 Å². The minimum Gasteiger partial charge on any atom is -0.462 e. The van der Waals surface area contributed by atoms with Crippen LogP contribution in [0.15, 0.2) is 0 Å². The summed E-state index contributed by atoms with van der Waals surface area (Å²) in [6.07, 6.45) is 4.38. The van der Waals surface area contributed by atoms with E-state index in [2.05, 4.69) is 0 Å². The van der Waals surface area contributed by atoms with Crippen LogP contribution in [0.1, 0.15) is 32.1 Å². The van der Waals surface area contributed by atoms with Crippen LogP contribution in [0.3, 0.4) is 0 Å². The third-order valence-electron chi connectivity index (χ3n) is 4.05. The van der Waals surface area contributed by atoms with E-state index < -0.39 is 0 Å². The third-order valence-corrected chi connectivity index (χ3v) is 4.05. The Morgan fingerprint density at radius 2 is 1.86 bits per heavy atom. The summed E-state index contributed by atoms with van der Waals surface area (Å²) in [7, 11) is 0. The molecule has 3 aliphatic rings. The summed E-state index contributed by atoms with van der Waals surface area (Å²) in [4.78, 5) is 23.2. The zero-order chi connectivity index (χ0) is 9.71. The Hall–Kier alpha value is -0.860. The number of hydrogen-bond donors (Lipinski definition) is 0. The first-order valence-corrected chi connectivity index (χ1v) is 5.50. The van der Waals surface area contributed by atoms with Gasteiger partial charge in [0.05, 0.1) is 5.92 Å². The van der Waals surface area contributed by atoms with E-state index in [1.807, 2.05) is 0 Å². The quantitative estimate of drug-likeness (QED) is 0.546. The molecule has 14 heavy (non-hydrogen) atoms. The molecule has 3 fully saturated rings. The second kappa shape index (κ2) is 2.81.